The molecule has 0 fully saturated rings. The van der Waals surface area contributed by atoms with Crippen LogP contribution in [-0.4, -0.2) is 4.98 Å². The number of nitrogens with zero attached hydrogens (tertiary/aromatic N) is 1. The summed E-state index contributed by atoms with van der Waals surface area (Å²) in [5.41, 5.74) is 3.06. The summed E-state index contributed by atoms with van der Waals surface area (Å²) in [5, 5.41) is 2.47. The molecule has 0 amide bonds. The van der Waals surface area contributed by atoms with E-state index in [-0.39, 0.29) is 4.83 Å². The molecule has 0 aliphatic heterocycles. The molecule has 0 saturated carbocycles. The van der Waals surface area contributed by atoms with Gasteiger partial charge in [-0.1, -0.05) is 69.5 Å². The predicted molar refractivity (Wildman–Crippen MR) is 93.6 cm³/mol. The fourth-order valence-corrected chi connectivity index (χ4v) is 3.67. The zero-order valence-electron chi connectivity index (χ0n) is 11.1. The molecule has 0 bridgehead atoms. The van der Waals surface area contributed by atoms with Gasteiger partial charge in [0.2, 0.25) is 0 Å². The second-order valence-electron chi connectivity index (χ2n) is 4.83. The van der Waals surface area contributed by atoms with E-state index in [4.69, 9.17) is 23.2 Å². The molecule has 0 spiro atoms. The van der Waals surface area contributed by atoms with Crippen molar-refractivity contribution in [1.29, 1.82) is 0 Å². The van der Waals surface area contributed by atoms with Gasteiger partial charge in [0.05, 0.1) is 5.52 Å². The first-order valence-corrected chi connectivity index (χ1v) is 8.24. The lowest BCUT2D eigenvalue weighted by molar-refractivity contribution is 0.913. The average Bonchev–Trinajstić information content (AvgIpc) is 2.47. The molecule has 0 aliphatic rings. The number of hydrogen-bond acceptors (Lipinski definition) is 1. The minimum absolute atomic E-state index is 0.107. The maximum Gasteiger partial charge on any atom is 0.0705 e. The van der Waals surface area contributed by atoms with E-state index in [0.717, 1.165) is 28.6 Å². The van der Waals surface area contributed by atoms with Crippen LogP contribution in [0.2, 0.25) is 10.0 Å². The molecule has 21 heavy (non-hydrogen) atoms. The van der Waals surface area contributed by atoms with Crippen LogP contribution in [0.3, 0.4) is 0 Å². The standard InChI is InChI=1S/C17H12BrCl2N/c18-15(14-8-6-12(19)9-16(14)20)10-13-7-5-11-3-1-2-4-17(11)21-13/h1-9,15H,10H2. The lowest BCUT2D eigenvalue weighted by Crippen LogP contribution is -1.99. The largest absolute Gasteiger partial charge is 0.253 e. The third-order valence-corrected chi connectivity index (χ3v) is 4.72. The van der Waals surface area contributed by atoms with Gasteiger partial charge in [0.15, 0.2) is 0 Å². The predicted octanol–water partition coefficient (Wildman–Crippen LogP) is 6.22. The number of fused-ring (bicyclic) bond motifs is 1. The van der Waals surface area contributed by atoms with Crippen LogP contribution >= 0.6 is 39.1 Å². The maximum absolute atomic E-state index is 6.25. The van der Waals surface area contributed by atoms with E-state index in [1.165, 1.54) is 0 Å². The highest BCUT2D eigenvalue weighted by Gasteiger charge is 2.13. The van der Waals surface area contributed by atoms with Crippen LogP contribution in [-0.2, 0) is 6.42 Å². The first-order valence-electron chi connectivity index (χ1n) is 6.57. The van der Waals surface area contributed by atoms with Crippen molar-refractivity contribution < 1.29 is 0 Å². The molecule has 1 aromatic heterocycles. The average molecular weight is 381 g/mol. The molecule has 3 rings (SSSR count). The van der Waals surface area contributed by atoms with Crippen LogP contribution in [0.4, 0.5) is 0 Å². The molecule has 4 heteroatoms. The van der Waals surface area contributed by atoms with Crippen LogP contribution in [0.5, 0.6) is 0 Å². The van der Waals surface area contributed by atoms with Crippen LogP contribution in [0.25, 0.3) is 10.9 Å². The van der Waals surface area contributed by atoms with E-state index < -0.39 is 0 Å². The number of alkyl halides is 1. The topological polar surface area (TPSA) is 12.9 Å². The zero-order chi connectivity index (χ0) is 14.8. The van der Waals surface area contributed by atoms with Crippen LogP contribution in [0, 0.1) is 0 Å². The summed E-state index contributed by atoms with van der Waals surface area (Å²) < 4.78 is 0. The van der Waals surface area contributed by atoms with Crippen molar-refractivity contribution in [3.8, 4) is 0 Å². The molecule has 1 heterocycles. The molecule has 2 aromatic carbocycles. The Bertz CT molecular complexity index is 789. The number of benzene rings is 2. The van der Waals surface area contributed by atoms with Crippen molar-refractivity contribution in [2.24, 2.45) is 0 Å². The van der Waals surface area contributed by atoms with Crippen molar-refractivity contribution in [2.75, 3.05) is 0 Å². The molecule has 1 atom stereocenters. The molecule has 3 aromatic rings. The van der Waals surface area contributed by atoms with Crippen molar-refractivity contribution in [2.45, 2.75) is 11.2 Å². The van der Waals surface area contributed by atoms with E-state index in [0.29, 0.717) is 10.0 Å². The van der Waals surface area contributed by atoms with Gasteiger partial charge in [-0.25, -0.2) is 0 Å². The quantitative estimate of drug-likeness (QED) is 0.491. The molecule has 0 radical (unpaired) electrons. The summed E-state index contributed by atoms with van der Waals surface area (Å²) in [4.78, 5) is 4.80. The second-order valence-corrected chi connectivity index (χ2v) is 6.78. The number of halogens is 3. The second kappa shape index (κ2) is 6.35. The number of pyridine rings is 1. The van der Waals surface area contributed by atoms with Crippen LogP contribution in [0.1, 0.15) is 16.1 Å². The van der Waals surface area contributed by atoms with Gasteiger partial charge in [0, 0.05) is 32.4 Å². The van der Waals surface area contributed by atoms with Gasteiger partial charge in [-0.3, -0.25) is 4.98 Å². The van der Waals surface area contributed by atoms with Gasteiger partial charge >= 0.3 is 0 Å². The Morgan fingerprint density at radius 3 is 2.62 bits per heavy atom. The van der Waals surface area contributed by atoms with Crippen molar-refractivity contribution in [1.82, 2.24) is 4.98 Å². The minimum Gasteiger partial charge on any atom is -0.253 e. The summed E-state index contributed by atoms with van der Waals surface area (Å²) in [5.74, 6) is 0. The molecular formula is C17H12BrCl2N. The summed E-state index contributed by atoms with van der Waals surface area (Å²) in [7, 11) is 0. The molecular weight excluding hydrogens is 369 g/mol. The van der Waals surface area contributed by atoms with Crippen molar-refractivity contribution in [3.05, 3.63) is 75.9 Å². The first-order chi connectivity index (χ1) is 10.1. The van der Waals surface area contributed by atoms with Gasteiger partial charge in [-0.05, 0) is 29.8 Å². The Morgan fingerprint density at radius 2 is 1.81 bits per heavy atom. The fourth-order valence-electron chi connectivity index (χ4n) is 2.27. The highest BCUT2D eigenvalue weighted by Crippen LogP contribution is 2.33. The number of aromatic nitrogens is 1. The Hall–Kier alpha value is -1.09. The number of hydrogen-bond donors (Lipinski definition) is 0. The zero-order valence-corrected chi connectivity index (χ0v) is 14.2. The Balaban J connectivity index is 1.87. The Labute approximate surface area is 142 Å². The van der Waals surface area contributed by atoms with E-state index in [1.54, 1.807) is 6.07 Å². The monoisotopic (exact) mass is 379 g/mol. The van der Waals surface area contributed by atoms with Crippen molar-refractivity contribution >= 4 is 50.0 Å². The van der Waals surface area contributed by atoms with E-state index in [1.807, 2.05) is 30.3 Å². The smallest absolute Gasteiger partial charge is 0.0705 e. The summed E-state index contributed by atoms with van der Waals surface area (Å²) in [6.45, 7) is 0. The fraction of sp³-hybridized carbons (Fsp3) is 0.118. The van der Waals surface area contributed by atoms with Crippen molar-refractivity contribution in [3.63, 3.8) is 0 Å². The van der Waals surface area contributed by atoms with Gasteiger partial charge in [-0.2, -0.15) is 0 Å². The third-order valence-electron chi connectivity index (χ3n) is 3.34. The summed E-state index contributed by atoms with van der Waals surface area (Å²) in [6, 6.07) is 17.8. The SMILES string of the molecule is Clc1ccc(C(Br)Cc2ccc3ccccc3n2)c(Cl)c1. The Morgan fingerprint density at radius 1 is 1.00 bits per heavy atom. The molecule has 1 nitrogen and oxygen atoms in total. The van der Waals surface area contributed by atoms with E-state index in [2.05, 4.69) is 39.1 Å². The number of rotatable bonds is 3. The third kappa shape index (κ3) is 3.39. The van der Waals surface area contributed by atoms with E-state index in [9.17, 15) is 0 Å². The molecule has 0 saturated heterocycles. The molecule has 0 aliphatic carbocycles. The van der Waals surface area contributed by atoms with Gasteiger partial charge in [-0.15, -0.1) is 0 Å². The maximum atomic E-state index is 6.25. The lowest BCUT2D eigenvalue weighted by atomic mass is 10.1. The Kier molecular flexibility index (Phi) is 4.48. The summed E-state index contributed by atoms with van der Waals surface area (Å²) >= 11 is 15.9. The highest BCUT2D eigenvalue weighted by atomic mass is 79.9. The molecule has 1 unspecified atom stereocenters. The van der Waals surface area contributed by atoms with Crippen LogP contribution in [0.15, 0.2) is 54.6 Å². The summed E-state index contributed by atoms with van der Waals surface area (Å²) in [6.07, 6.45) is 0.770. The van der Waals surface area contributed by atoms with Crippen LogP contribution < -0.4 is 0 Å². The van der Waals surface area contributed by atoms with E-state index >= 15 is 0 Å². The number of para-hydroxylation sites is 1. The first kappa shape index (κ1) is 14.8. The highest BCUT2D eigenvalue weighted by molar-refractivity contribution is 9.09. The lowest BCUT2D eigenvalue weighted by Gasteiger charge is -2.12. The van der Waals surface area contributed by atoms with Gasteiger partial charge in [0.1, 0.15) is 0 Å². The minimum atomic E-state index is 0.107. The molecule has 0 N–H and O–H groups in total. The van der Waals surface area contributed by atoms with Gasteiger partial charge < -0.3 is 0 Å². The van der Waals surface area contributed by atoms with Gasteiger partial charge in [0.25, 0.3) is 0 Å². The molecule has 106 valence electrons. The normalized spacial score (nSPS) is 12.5.